The summed E-state index contributed by atoms with van der Waals surface area (Å²) in [7, 11) is 0. The molecule has 0 bridgehead atoms. The summed E-state index contributed by atoms with van der Waals surface area (Å²) >= 11 is 1.31. The number of carbonyl (C=O) groups is 1. The molecule has 4 heterocycles. The normalized spacial score (nSPS) is 18.0. The molecule has 230 valence electrons. The number of piperidine rings is 1. The zero-order chi connectivity index (χ0) is 31.1. The second-order valence-electron chi connectivity index (χ2n) is 9.77. The van der Waals surface area contributed by atoms with Crippen LogP contribution < -0.4 is 10.3 Å². The van der Waals surface area contributed by atoms with Crippen LogP contribution in [0.4, 0.5) is 35.1 Å². The summed E-state index contributed by atoms with van der Waals surface area (Å²) in [5.41, 5.74) is -2.48. The summed E-state index contributed by atoms with van der Waals surface area (Å²) in [6, 6.07) is 3.42. The Labute approximate surface area is 241 Å². The standard InChI is InChI=1S/C26H20F8N4O4S/c27-15-2-1-3-16(28)22(15)19-9-17(36-42-19)18-12-43-23(35-18)13-4-6-37(7-5-13)21(39)11-38-10-14(25(29,30)31)8-20(24(38)40)41-26(32,33)34/h1-3,8,10,12-13,19H,4-7,9,11H2. The van der Waals surface area contributed by atoms with E-state index in [1.807, 2.05) is 0 Å². The first kappa shape index (κ1) is 30.4. The fraction of sp³-hybridized carbons (Fsp3) is 0.385. The molecule has 43 heavy (non-hydrogen) atoms. The first-order chi connectivity index (χ1) is 20.2. The van der Waals surface area contributed by atoms with Gasteiger partial charge in [0, 0.05) is 37.0 Å². The maximum absolute atomic E-state index is 14.1. The highest BCUT2D eigenvalue weighted by Crippen LogP contribution is 2.36. The number of carbonyl (C=O) groups excluding carboxylic acids is 1. The van der Waals surface area contributed by atoms with E-state index in [-0.39, 0.29) is 47.8 Å². The van der Waals surface area contributed by atoms with Crippen LogP contribution in [0.3, 0.4) is 0 Å². The molecule has 2 aromatic heterocycles. The molecule has 0 N–H and O–H groups in total. The molecule has 1 aromatic carbocycles. The average molecular weight is 637 g/mol. The molecule has 1 atom stereocenters. The molecule has 1 amide bonds. The monoisotopic (exact) mass is 636 g/mol. The summed E-state index contributed by atoms with van der Waals surface area (Å²) in [5.74, 6) is -3.98. The van der Waals surface area contributed by atoms with E-state index in [9.17, 15) is 44.7 Å². The highest BCUT2D eigenvalue weighted by molar-refractivity contribution is 7.10. The number of ether oxygens (including phenoxy) is 1. The summed E-state index contributed by atoms with van der Waals surface area (Å²) < 4.78 is 110. The van der Waals surface area contributed by atoms with Gasteiger partial charge in [0.2, 0.25) is 5.91 Å². The van der Waals surface area contributed by atoms with Gasteiger partial charge in [-0.05, 0) is 31.0 Å². The minimum Gasteiger partial charge on any atom is -0.400 e. The number of nitrogens with zero attached hydrogens (tertiary/aromatic N) is 4. The Hall–Kier alpha value is -4.02. The van der Waals surface area contributed by atoms with Gasteiger partial charge in [0.05, 0.1) is 21.8 Å². The number of hydrogen-bond acceptors (Lipinski definition) is 7. The van der Waals surface area contributed by atoms with Crippen LogP contribution in [0, 0.1) is 11.6 Å². The molecule has 17 heteroatoms. The van der Waals surface area contributed by atoms with Crippen LogP contribution in [0.1, 0.15) is 53.1 Å². The van der Waals surface area contributed by atoms with Crippen LogP contribution in [0.15, 0.2) is 45.8 Å². The Kier molecular flexibility index (Phi) is 8.20. The molecule has 0 spiro atoms. The number of hydrogen-bond donors (Lipinski definition) is 0. The van der Waals surface area contributed by atoms with Crippen molar-refractivity contribution in [1.29, 1.82) is 0 Å². The van der Waals surface area contributed by atoms with Gasteiger partial charge in [-0.1, -0.05) is 11.2 Å². The molecule has 1 fully saturated rings. The molecule has 3 aromatic rings. The third-order valence-electron chi connectivity index (χ3n) is 6.92. The molecule has 0 radical (unpaired) electrons. The molecule has 2 aliphatic heterocycles. The van der Waals surface area contributed by atoms with Crippen molar-refractivity contribution in [2.45, 2.75) is 50.4 Å². The number of halogens is 8. The zero-order valence-electron chi connectivity index (χ0n) is 21.7. The Bertz CT molecular complexity index is 1590. The largest absolute Gasteiger partial charge is 0.573 e. The molecule has 1 saturated heterocycles. The van der Waals surface area contributed by atoms with Crippen molar-refractivity contribution in [3.63, 3.8) is 0 Å². The van der Waals surface area contributed by atoms with E-state index in [4.69, 9.17) is 4.84 Å². The molecular weight excluding hydrogens is 616 g/mol. The minimum atomic E-state index is -5.42. The van der Waals surface area contributed by atoms with Crippen LogP contribution in [0.25, 0.3) is 0 Å². The Morgan fingerprint density at radius 2 is 1.77 bits per heavy atom. The van der Waals surface area contributed by atoms with Crippen molar-refractivity contribution in [3.8, 4) is 5.75 Å². The SMILES string of the molecule is O=C(Cn1cc(C(F)(F)F)cc(OC(F)(F)F)c1=O)N1CCC(c2nc(C3=NOC(c4c(F)cccc4F)C3)cs2)CC1. The fourth-order valence-electron chi connectivity index (χ4n) is 4.81. The van der Waals surface area contributed by atoms with Crippen molar-refractivity contribution in [3.05, 3.63) is 79.7 Å². The summed E-state index contributed by atoms with van der Waals surface area (Å²) in [5, 5.41) is 6.36. The lowest BCUT2D eigenvalue weighted by Crippen LogP contribution is -2.41. The van der Waals surface area contributed by atoms with Gasteiger partial charge in [0.1, 0.15) is 23.9 Å². The van der Waals surface area contributed by atoms with Crippen molar-refractivity contribution in [2.24, 2.45) is 5.16 Å². The number of rotatable bonds is 6. The van der Waals surface area contributed by atoms with Crippen LogP contribution in [0.5, 0.6) is 5.75 Å². The van der Waals surface area contributed by atoms with Crippen LogP contribution in [0.2, 0.25) is 0 Å². The Morgan fingerprint density at radius 3 is 2.40 bits per heavy atom. The topological polar surface area (TPSA) is 86.0 Å². The van der Waals surface area contributed by atoms with E-state index in [0.29, 0.717) is 29.3 Å². The Balaban J connectivity index is 1.21. The van der Waals surface area contributed by atoms with Crippen molar-refractivity contribution < 1.29 is 49.5 Å². The second-order valence-corrected chi connectivity index (χ2v) is 10.7. The average Bonchev–Trinajstić information content (AvgIpc) is 3.60. The van der Waals surface area contributed by atoms with Gasteiger partial charge >= 0.3 is 12.5 Å². The predicted octanol–water partition coefficient (Wildman–Crippen LogP) is 5.77. The van der Waals surface area contributed by atoms with Gasteiger partial charge in [0.25, 0.3) is 5.56 Å². The zero-order valence-corrected chi connectivity index (χ0v) is 22.5. The lowest BCUT2D eigenvalue weighted by molar-refractivity contribution is -0.275. The van der Waals surface area contributed by atoms with Gasteiger partial charge < -0.3 is 19.0 Å². The molecule has 0 saturated carbocycles. The summed E-state index contributed by atoms with van der Waals surface area (Å²) in [6.07, 6.45) is -10.3. The quantitative estimate of drug-likeness (QED) is 0.321. The van der Waals surface area contributed by atoms with Gasteiger partial charge in [-0.15, -0.1) is 24.5 Å². The number of amides is 1. The van der Waals surface area contributed by atoms with E-state index in [2.05, 4.69) is 14.9 Å². The van der Waals surface area contributed by atoms with Gasteiger partial charge in [-0.3, -0.25) is 9.59 Å². The lowest BCUT2D eigenvalue weighted by atomic mass is 9.97. The molecule has 5 rings (SSSR count). The molecular formula is C26H20F8N4O4S. The second kappa shape index (κ2) is 11.6. The van der Waals surface area contributed by atoms with Gasteiger partial charge in [0.15, 0.2) is 11.9 Å². The van der Waals surface area contributed by atoms with E-state index in [0.717, 1.165) is 12.1 Å². The van der Waals surface area contributed by atoms with Crippen LogP contribution >= 0.6 is 11.3 Å². The maximum Gasteiger partial charge on any atom is 0.573 e. The smallest absolute Gasteiger partial charge is 0.400 e. The maximum atomic E-state index is 14.1. The fourth-order valence-corrected chi connectivity index (χ4v) is 5.81. The highest BCUT2D eigenvalue weighted by atomic mass is 32.1. The third kappa shape index (κ3) is 6.81. The van der Waals surface area contributed by atoms with Crippen molar-refractivity contribution in [2.75, 3.05) is 13.1 Å². The number of pyridine rings is 1. The van der Waals surface area contributed by atoms with Gasteiger partial charge in [-0.25, -0.2) is 13.8 Å². The summed E-state index contributed by atoms with van der Waals surface area (Å²) in [6.45, 7) is -0.625. The first-order valence-corrected chi connectivity index (χ1v) is 13.5. The van der Waals surface area contributed by atoms with E-state index in [1.54, 1.807) is 5.38 Å². The number of alkyl halides is 6. The predicted molar refractivity (Wildman–Crippen MR) is 134 cm³/mol. The third-order valence-corrected chi connectivity index (χ3v) is 7.92. The molecule has 2 aliphatic rings. The number of oxime groups is 1. The van der Waals surface area contributed by atoms with Crippen LogP contribution in [-0.2, 0) is 22.4 Å². The summed E-state index contributed by atoms with van der Waals surface area (Å²) in [4.78, 5) is 36.3. The number of thiazole rings is 1. The molecule has 0 aliphatic carbocycles. The molecule has 8 nitrogen and oxygen atoms in total. The van der Waals surface area contributed by atoms with E-state index >= 15 is 0 Å². The highest BCUT2D eigenvalue weighted by Gasteiger charge is 2.37. The minimum absolute atomic E-state index is 0.0633. The molecule has 1 unspecified atom stereocenters. The van der Waals surface area contributed by atoms with Crippen molar-refractivity contribution in [1.82, 2.24) is 14.5 Å². The Morgan fingerprint density at radius 1 is 1.09 bits per heavy atom. The van der Waals surface area contributed by atoms with Gasteiger partial charge in [-0.2, -0.15) is 13.2 Å². The lowest BCUT2D eigenvalue weighted by Gasteiger charge is -2.31. The first-order valence-electron chi connectivity index (χ1n) is 12.7. The number of aromatic nitrogens is 2. The van der Waals surface area contributed by atoms with E-state index < -0.39 is 59.6 Å². The van der Waals surface area contributed by atoms with E-state index in [1.165, 1.54) is 22.3 Å². The van der Waals surface area contributed by atoms with Crippen molar-refractivity contribution >= 4 is 23.0 Å². The number of likely N-dealkylation sites (tertiary alicyclic amines) is 1. The number of benzene rings is 1. The van der Waals surface area contributed by atoms with Crippen LogP contribution in [-0.4, -0.2) is 45.5 Å².